The number of amides is 2. The number of alkyl halides is 3. The molecule has 36 heavy (non-hydrogen) atoms. The van der Waals surface area contributed by atoms with Crippen LogP contribution < -0.4 is 15.4 Å². The van der Waals surface area contributed by atoms with Gasteiger partial charge in [0.2, 0.25) is 5.91 Å². The summed E-state index contributed by atoms with van der Waals surface area (Å²) in [6.45, 7) is 0. The van der Waals surface area contributed by atoms with Gasteiger partial charge in [-0.1, -0.05) is 6.07 Å². The first-order valence-corrected chi connectivity index (χ1v) is 12.4. The highest BCUT2D eigenvalue weighted by molar-refractivity contribution is 7.92. The van der Waals surface area contributed by atoms with E-state index in [4.69, 9.17) is 4.74 Å². The number of nitrogens with one attached hydrogen (secondary N) is 2. The number of phenols is 1. The molecule has 2 aromatic rings. The second-order valence-electron chi connectivity index (χ2n) is 8.83. The van der Waals surface area contributed by atoms with Crippen LogP contribution in [0.1, 0.15) is 29.6 Å². The predicted octanol–water partition coefficient (Wildman–Crippen LogP) is 3.62. The van der Waals surface area contributed by atoms with Crippen LogP contribution in [0.5, 0.6) is 11.5 Å². The smallest absolute Gasteiger partial charge is 0.501 e. The number of phenolic OH excluding ortho intramolecular Hbond substituents is 1. The van der Waals surface area contributed by atoms with E-state index in [0.29, 0.717) is 12.8 Å². The maximum absolute atomic E-state index is 13.7. The van der Waals surface area contributed by atoms with Crippen LogP contribution in [0.25, 0.3) is 0 Å². The molecule has 0 radical (unpaired) electrons. The van der Waals surface area contributed by atoms with Crippen LogP contribution in [-0.4, -0.2) is 44.0 Å². The number of methoxy groups -OCH3 is 1. The largest absolute Gasteiger partial charge is 0.505 e. The SMILES string of the molecule is COc1cc(F)c(O)cc1C(=O)N[C@@H]1[C@H]2CC[C@H](C2)[C@@H]1C(=O)Nc1cccc(S(=O)(=O)C(F)(F)F)c1. The number of aromatic hydroxyl groups is 1. The first-order chi connectivity index (χ1) is 16.8. The fraction of sp³-hybridized carbons (Fsp3) is 0.391. The Labute approximate surface area is 203 Å². The summed E-state index contributed by atoms with van der Waals surface area (Å²) >= 11 is 0. The van der Waals surface area contributed by atoms with Crippen molar-refractivity contribution in [3.8, 4) is 11.5 Å². The normalized spacial score (nSPS) is 23.4. The molecule has 0 aliphatic heterocycles. The van der Waals surface area contributed by atoms with Crippen molar-refractivity contribution >= 4 is 27.3 Å². The molecule has 0 unspecified atom stereocenters. The van der Waals surface area contributed by atoms with Gasteiger partial charge in [0.1, 0.15) is 5.75 Å². The minimum Gasteiger partial charge on any atom is -0.505 e. The average Bonchev–Trinajstić information content (AvgIpc) is 3.41. The lowest BCUT2D eigenvalue weighted by molar-refractivity contribution is -0.122. The maximum atomic E-state index is 13.7. The monoisotopic (exact) mass is 530 g/mol. The highest BCUT2D eigenvalue weighted by Gasteiger charge is 2.52. The maximum Gasteiger partial charge on any atom is 0.501 e. The molecule has 2 amide bonds. The van der Waals surface area contributed by atoms with Gasteiger partial charge < -0.3 is 20.5 Å². The summed E-state index contributed by atoms with van der Waals surface area (Å²) in [4.78, 5) is 25.1. The lowest BCUT2D eigenvalue weighted by atomic mass is 9.83. The average molecular weight is 530 g/mol. The first kappa shape index (κ1) is 25.7. The van der Waals surface area contributed by atoms with Crippen LogP contribution in [0.4, 0.5) is 23.2 Å². The van der Waals surface area contributed by atoms with E-state index in [1.807, 2.05) is 0 Å². The molecule has 0 spiro atoms. The molecule has 2 bridgehead atoms. The standard InChI is InChI=1S/C23H22F4N2O6S/c1-35-18-10-16(24)17(30)9-15(18)21(31)29-20-12-6-5-11(7-12)19(20)22(32)28-13-3-2-4-14(8-13)36(33,34)23(25,26)27/h2-4,8-12,19-20,30H,5-7H2,1H3,(H,28,32)(H,29,31)/t11-,12+,19+,20-/m1/s1. The van der Waals surface area contributed by atoms with Crippen LogP contribution in [0, 0.1) is 23.6 Å². The molecule has 4 rings (SSSR count). The number of ether oxygens (including phenoxy) is 1. The zero-order valence-electron chi connectivity index (χ0n) is 18.8. The fourth-order valence-corrected chi connectivity index (χ4v) is 5.90. The molecule has 2 aromatic carbocycles. The second-order valence-corrected chi connectivity index (χ2v) is 10.8. The Bertz CT molecular complexity index is 1310. The van der Waals surface area contributed by atoms with Gasteiger partial charge in [-0.25, -0.2) is 12.8 Å². The van der Waals surface area contributed by atoms with Gasteiger partial charge in [0.05, 0.1) is 23.5 Å². The molecule has 2 saturated carbocycles. The highest BCUT2D eigenvalue weighted by atomic mass is 32.2. The number of fused-ring (bicyclic) bond motifs is 2. The Morgan fingerprint density at radius 2 is 1.81 bits per heavy atom. The number of rotatable bonds is 6. The van der Waals surface area contributed by atoms with Crippen molar-refractivity contribution in [2.24, 2.45) is 17.8 Å². The second kappa shape index (κ2) is 9.26. The molecule has 0 saturated heterocycles. The third-order valence-corrected chi connectivity index (χ3v) is 8.23. The van der Waals surface area contributed by atoms with Gasteiger partial charge in [0.15, 0.2) is 11.6 Å². The predicted molar refractivity (Wildman–Crippen MR) is 119 cm³/mol. The fourth-order valence-electron chi connectivity index (χ4n) is 5.10. The minimum absolute atomic E-state index is 0.0494. The van der Waals surface area contributed by atoms with Crippen molar-refractivity contribution < 1.29 is 45.4 Å². The Morgan fingerprint density at radius 1 is 1.11 bits per heavy atom. The van der Waals surface area contributed by atoms with Crippen LogP contribution in [0.3, 0.4) is 0 Å². The molecule has 0 aromatic heterocycles. The van der Waals surface area contributed by atoms with Crippen molar-refractivity contribution in [1.82, 2.24) is 5.32 Å². The molecule has 2 aliphatic carbocycles. The zero-order chi connectivity index (χ0) is 26.4. The van der Waals surface area contributed by atoms with Gasteiger partial charge in [0.25, 0.3) is 15.7 Å². The molecule has 194 valence electrons. The molecule has 4 atom stereocenters. The van der Waals surface area contributed by atoms with Gasteiger partial charge in [-0.05, 0) is 55.4 Å². The topological polar surface area (TPSA) is 122 Å². The summed E-state index contributed by atoms with van der Waals surface area (Å²) in [5.41, 5.74) is -5.77. The number of hydrogen-bond donors (Lipinski definition) is 3. The van der Waals surface area contributed by atoms with E-state index in [-0.39, 0.29) is 28.8 Å². The summed E-state index contributed by atoms with van der Waals surface area (Å²) in [7, 11) is -4.37. The van der Waals surface area contributed by atoms with E-state index in [1.165, 1.54) is 13.2 Å². The van der Waals surface area contributed by atoms with E-state index < -0.39 is 55.6 Å². The quantitative estimate of drug-likeness (QED) is 0.491. The van der Waals surface area contributed by atoms with Gasteiger partial charge in [-0.3, -0.25) is 9.59 Å². The molecular formula is C23H22F4N2O6S. The van der Waals surface area contributed by atoms with E-state index >= 15 is 0 Å². The van der Waals surface area contributed by atoms with E-state index in [9.17, 15) is 40.7 Å². The molecule has 3 N–H and O–H groups in total. The Kier molecular flexibility index (Phi) is 6.62. The first-order valence-electron chi connectivity index (χ1n) is 10.9. The van der Waals surface area contributed by atoms with Crippen molar-refractivity contribution in [2.45, 2.75) is 35.7 Å². The lowest BCUT2D eigenvalue weighted by Crippen LogP contribution is -2.48. The highest BCUT2D eigenvalue weighted by Crippen LogP contribution is 2.49. The van der Waals surface area contributed by atoms with E-state index in [1.54, 1.807) is 0 Å². The number of carbonyl (C=O) groups is 2. The molecule has 8 nitrogen and oxygen atoms in total. The van der Waals surface area contributed by atoms with Gasteiger partial charge in [-0.15, -0.1) is 0 Å². The number of carbonyl (C=O) groups excluding carboxylic acids is 2. The van der Waals surface area contributed by atoms with Crippen LogP contribution in [-0.2, 0) is 14.6 Å². The number of halogens is 4. The number of benzene rings is 2. The van der Waals surface area contributed by atoms with E-state index in [2.05, 4.69) is 10.6 Å². The van der Waals surface area contributed by atoms with Crippen molar-refractivity contribution in [3.05, 3.63) is 47.8 Å². The minimum atomic E-state index is -5.60. The Morgan fingerprint density at radius 3 is 2.47 bits per heavy atom. The molecular weight excluding hydrogens is 508 g/mol. The van der Waals surface area contributed by atoms with Gasteiger partial charge >= 0.3 is 5.51 Å². The van der Waals surface area contributed by atoms with Crippen LogP contribution in [0.2, 0.25) is 0 Å². The molecule has 0 heterocycles. The Balaban J connectivity index is 1.55. The summed E-state index contributed by atoms with van der Waals surface area (Å²) in [5.74, 6) is -4.02. The Hall–Kier alpha value is -3.35. The zero-order valence-corrected chi connectivity index (χ0v) is 19.6. The van der Waals surface area contributed by atoms with E-state index in [0.717, 1.165) is 36.8 Å². The lowest BCUT2D eigenvalue weighted by Gasteiger charge is -2.31. The van der Waals surface area contributed by atoms with Gasteiger partial charge in [0, 0.05) is 17.8 Å². The molecule has 2 aliphatic rings. The summed E-state index contributed by atoms with van der Waals surface area (Å²) in [6.07, 6.45) is 2.08. The van der Waals surface area contributed by atoms with Crippen molar-refractivity contribution in [3.63, 3.8) is 0 Å². The summed E-state index contributed by atoms with van der Waals surface area (Å²) < 4.78 is 80.9. The number of sulfone groups is 1. The molecule has 2 fully saturated rings. The third kappa shape index (κ3) is 4.59. The van der Waals surface area contributed by atoms with Crippen molar-refractivity contribution in [2.75, 3.05) is 12.4 Å². The number of anilines is 1. The van der Waals surface area contributed by atoms with Crippen LogP contribution in [0.15, 0.2) is 41.3 Å². The number of hydrogen-bond acceptors (Lipinski definition) is 6. The van der Waals surface area contributed by atoms with Gasteiger partial charge in [-0.2, -0.15) is 13.2 Å². The van der Waals surface area contributed by atoms with Crippen LogP contribution >= 0.6 is 0 Å². The third-order valence-electron chi connectivity index (χ3n) is 6.75. The molecule has 13 heteroatoms. The summed E-state index contributed by atoms with van der Waals surface area (Å²) in [6, 6.07) is 4.99. The summed E-state index contributed by atoms with van der Waals surface area (Å²) in [5, 5.41) is 14.9. The van der Waals surface area contributed by atoms with Crippen molar-refractivity contribution in [1.29, 1.82) is 0 Å².